The fourth-order valence-corrected chi connectivity index (χ4v) is 2.23. The zero-order valence-corrected chi connectivity index (χ0v) is 10.9. The van der Waals surface area contributed by atoms with Crippen molar-refractivity contribution in [2.24, 2.45) is 11.8 Å². The molecule has 5 nitrogen and oxygen atoms in total. The molecule has 4 atom stereocenters. The van der Waals surface area contributed by atoms with Gasteiger partial charge in [-0.15, -0.1) is 0 Å². The zero-order chi connectivity index (χ0) is 13.2. The smallest absolute Gasteiger partial charge is 0.226 e. The molecule has 1 amide bonds. The molecule has 0 aromatic heterocycles. The highest BCUT2D eigenvalue weighted by Crippen LogP contribution is 2.32. The van der Waals surface area contributed by atoms with Crippen molar-refractivity contribution in [3.8, 4) is 0 Å². The van der Waals surface area contributed by atoms with E-state index in [0.717, 1.165) is 0 Å². The number of carbonyl (C=O) groups is 1. The summed E-state index contributed by atoms with van der Waals surface area (Å²) in [6.45, 7) is 6.83. The molecule has 4 unspecified atom stereocenters. The van der Waals surface area contributed by atoms with Gasteiger partial charge in [-0.3, -0.25) is 4.79 Å². The molecule has 3 N–H and O–H groups in total. The molecule has 0 aromatic rings. The van der Waals surface area contributed by atoms with Gasteiger partial charge < -0.3 is 20.3 Å². The van der Waals surface area contributed by atoms with E-state index < -0.39 is 5.54 Å². The highest BCUT2D eigenvalue weighted by Gasteiger charge is 2.43. The van der Waals surface area contributed by atoms with E-state index in [-0.39, 0.29) is 43.2 Å². The van der Waals surface area contributed by atoms with Crippen LogP contribution in [0.2, 0.25) is 0 Å². The zero-order valence-electron chi connectivity index (χ0n) is 10.9. The summed E-state index contributed by atoms with van der Waals surface area (Å²) in [4.78, 5) is 12.1. The third-order valence-corrected chi connectivity index (χ3v) is 3.67. The van der Waals surface area contributed by atoms with E-state index in [0.29, 0.717) is 0 Å². The summed E-state index contributed by atoms with van der Waals surface area (Å²) in [7, 11) is 0. The minimum atomic E-state index is -0.970. The summed E-state index contributed by atoms with van der Waals surface area (Å²) in [5, 5.41) is 21.0. The largest absolute Gasteiger partial charge is 0.394 e. The maximum atomic E-state index is 12.1. The summed E-state index contributed by atoms with van der Waals surface area (Å²) in [5.41, 5.74) is -0.970. The van der Waals surface area contributed by atoms with Gasteiger partial charge in [0.25, 0.3) is 0 Å². The molecule has 0 aromatic carbocycles. The average Bonchev–Trinajstić information content (AvgIpc) is 2.53. The molecule has 0 saturated carbocycles. The van der Waals surface area contributed by atoms with Crippen LogP contribution in [0.4, 0.5) is 0 Å². The standard InChI is InChI=1S/C12H23NO4/c1-7-8(2)17-9(3)10(7)11(16)13-12(4,5-14)6-15/h7-10,14-15H,5-6H2,1-4H3,(H,13,16). The Morgan fingerprint density at radius 2 is 1.76 bits per heavy atom. The van der Waals surface area contributed by atoms with Crippen LogP contribution in [-0.2, 0) is 9.53 Å². The Morgan fingerprint density at radius 3 is 2.12 bits per heavy atom. The van der Waals surface area contributed by atoms with Gasteiger partial charge in [0, 0.05) is 0 Å². The molecule has 1 saturated heterocycles. The fourth-order valence-electron chi connectivity index (χ4n) is 2.23. The normalized spacial score (nSPS) is 33.8. The van der Waals surface area contributed by atoms with E-state index in [2.05, 4.69) is 5.32 Å². The van der Waals surface area contributed by atoms with Crippen LogP contribution in [-0.4, -0.2) is 47.1 Å². The predicted molar refractivity (Wildman–Crippen MR) is 63.4 cm³/mol. The van der Waals surface area contributed by atoms with Gasteiger partial charge in [0.05, 0.1) is 36.9 Å². The first-order valence-electron chi connectivity index (χ1n) is 6.04. The van der Waals surface area contributed by atoms with Crippen LogP contribution in [0.1, 0.15) is 27.7 Å². The second-order valence-corrected chi connectivity index (χ2v) is 5.30. The van der Waals surface area contributed by atoms with Crippen molar-refractivity contribution in [1.82, 2.24) is 5.32 Å². The molecule has 1 rings (SSSR count). The number of carbonyl (C=O) groups excluding carboxylic acids is 1. The molecule has 1 heterocycles. The van der Waals surface area contributed by atoms with Crippen LogP contribution in [0.3, 0.4) is 0 Å². The van der Waals surface area contributed by atoms with Crippen LogP contribution in [0.15, 0.2) is 0 Å². The van der Waals surface area contributed by atoms with Gasteiger partial charge >= 0.3 is 0 Å². The Labute approximate surface area is 102 Å². The number of rotatable bonds is 4. The van der Waals surface area contributed by atoms with Crippen molar-refractivity contribution in [2.75, 3.05) is 13.2 Å². The number of aliphatic hydroxyl groups excluding tert-OH is 2. The fraction of sp³-hybridized carbons (Fsp3) is 0.917. The van der Waals surface area contributed by atoms with Gasteiger partial charge in [-0.1, -0.05) is 6.92 Å². The average molecular weight is 245 g/mol. The number of aliphatic hydroxyl groups is 2. The molecule has 0 radical (unpaired) electrons. The van der Waals surface area contributed by atoms with Crippen LogP contribution in [0, 0.1) is 11.8 Å². The monoisotopic (exact) mass is 245 g/mol. The molecule has 17 heavy (non-hydrogen) atoms. The van der Waals surface area contributed by atoms with E-state index in [1.807, 2.05) is 20.8 Å². The first kappa shape index (κ1) is 14.4. The van der Waals surface area contributed by atoms with Gasteiger partial charge in [-0.25, -0.2) is 0 Å². The lowest BCUT2D eigenvalue weighted by atomic mass is 9.88. The minimum absolute atomic E-state index is 0.0512. The van der Waals surface area contributed by atoms with Crippen molar-refractivity contribution < 1.29 is 19.7 Å². The quantitative estimate of drug-likeness (QED) is 0.646. The minimum Gasteiger partial charge on any atom is -0.394 e. The molecule has 5 heteroatoms. The molecular weight excluding hydrogens is 222 g/mol. The Balaban J connectivity index is 2.71. The maximum absolute atomic E-state index is 12.1. The molecule has 0 spiro atoms. The van der Waals surface area contributed by atoms with Gasteiger partial charge in [0.15, 0.2) is 0 Å². The number of hydrogen-bond donors (Lipinski definition) is 3. The van der Waals surface area contributed by atoms with Crippen molar-refractivity contribution in [3.05, 3.63) is 0 Å². The Hall–Kier alpha value is -0.650. The van der Waals surface area contributed by atoms with Crippen LogP contribution in [0.25, 0.3) is 0 Å². The lowest BCUT2D eigenvalue weighted by Crippen LogP contribution is -2.54. The highest BCUT2D eigenvalue weighted by atomic mass is 16.5. The van der Waals surface area contributed by atoms with Gasteiger partial charge in [0.1, 0.15) is 0 Å². The Morgan fingerprint density at radius 1 is 1.24 bits per heavy atom. The topological polar surface area (TPSA) is 78.8 Å². The van der Waals surface area contributed by atoms with Gasteiger partial charge in [0.2, 0.25) is 5.91 Å². The molecule has 1 aliphatic rings. The van der Waals surface area contributed by atoms with Crippen molar-refractivity contribution in [2.45, 2.75) is 45.4 Å². The third kappa shape index (κ3) is 2.97. The first-order chi connectivity index (χ1) is 7.84. The van der Waals surface area contributed by atoms with E-state index in [1.165, 1.54) is 0 Å². The van der Waals surface area contributed by atoms with E-state index >= 15 is 0 Å². The van der Waals surface area contributed by atoms with Crippen LogP contribution in [0.5, 0.6) is 0 Å². The van der Waals surface area contributed by atoms with Gasteiger partial charge in [-0.2, -0.15) is 0 Å². The van der Waals surface area contributed by atoms with E-state index in [1.54, 1.807) is 6.92 Å². The second-order valence-electron chi connectivity index (χ2n) is 5.30. The summed E-state index contributed by atoms with van der Waals surface area (Å²) < 4.78 is 5.60. The summed E-state index contributed by atoms with van der Waals surface area (Å²) in [6.07, 6.45) is -0.0862. The first-order valence-corrected chi connectivity index (χ1v) is 6.04. The van der Waals surface area contributed by atoms with E-state index in [4.69, 9.17) is 14.9 Å². The number of amides is 1. The second kappa shape index (κ2) is 5.33. The predicted octanol–water partition coefficient (Wildman–Crippen LogP) is -0.0946. The van der Waals surface area contributed by atoms with Crippen LogP contribution < -0.4 is 5.32 Å². The summed E-state index contributed by atoms with van der Waals surface area (Å²) >= 11 is 0. The molecule has 0 aliphatic carbocycles. The maximum Gasteiger partial charge on any atom is 0.226 e. The van der Waals surface area contributed by atoms with Crippen molar-refractivity contribution >= 4 is 5.91 Å². The van der Waals surface area contributed by atoms with Crippen molar-refractivity contribution in [1.29, 1.82) is 0 Å². The molecule has 1 aliphatic heterocycles. The highest BCUT2D eigenvalue weighted by molar-refractivity contribution is 5.80. The molecule has 100 valence electrons. The molecule has 1 fully saturated rings. The Bertz CT molecular complexity index is 278. The van der Waals surface area contributed by atoms with Gasteiger partial charge in [-0.05, 0) is 26.7 Å². The lowest BCUT2D eigenvalue weighted by Gasteiger charge is -2.29. The number of nitrogens with one attached hydrogen (secondary N) is 1. The number of hydrogen-bond acceptors (Lipinski definition) is 4. The van der Waals surface area contributed by atoms with Crippen molar-refractivity contribution in [3.63, 3.8) is 0 Å². The van der Waals surface area contributed by atoms with Crippen LogP contribution >= 0.6 is 0 Å². The summed E-state index contributed by atoms with van der Waals surface area (Å²) in [6, 6.07) is 0. The number of ether oxygens (including phenoxy) is 1. The molecule has 0 bridgehead atoms. The Kier molecular flexibility index (Phi) is 4.52. The summed E-state index contributed by atoms with van der Waals surface area (Å²) in [5.74, 6) is -0.269. The molecular formula is C12H23NO4. The third-order valence-electron chi connectivity index (χ3n) is 3.67. The SMILES string of the molecule is CC1OC(C)C(C(=O)NC(C)(CO)CO)C1C. The lowest BCUT2D eigenvalue weighted by molar-refractivity contribution is -0.130. The van der Waals surface area contributed by atoms with E-state index in [9.17, 15) is 4.79 Å².